The molecule has 0 bridgehead atoms. The molecule has 1 fully saturated rings. The molecule has 148 valence electrons. The molecule has 2 nitrogen and oxygen atoms in total. The van der Waals surface area contributed by atoms with Crippen molar-refractivity contribution < 1.29 is 9.21 Å². The molecule has 0 spiro atoms. The van der Waals surface area contributed by atoms with Gasteiger partial charge in [0.15, 0.2) is 5.78 Å². The van der Waals surface area contributed by atoms with E-state index in [2.05, 4.69) is 46.8 Å². The summed E-state index contributed by atoms with van der Waals surface area (Å²) in [6.07, 6.45) is 15.8. The average Bonchev–Trinajstić information content (AvgIpc) is 3.13. The summed E-state index contributed by atoms with van der Waals surface area (Å²) in [5.74, 6) is 1.48. The molecular formula is C25H36O2. The number of ketones is 1. The normalized spacial score (nSPS) is 33.1. The van der Waals surface area contributed by atoms with E-state index in [1.165, 1.54) is 24.8 Å². The van der Waals surface area contributed by atoms with Crippen LogP contribution in [0.5, 0.6) is 0 Å². The second-order valence-electron chi connectivity index (χ2n) is 9.73. The minimum Gasteiger partial charge on any atom is -0.472 e. The van der Waals surface area contributed by atoms with Crippen LogP contribution in [0.25, 0.3) is 0 Å². The van der Waals surface area contributed by atoms with Gasteiger partial charge in [-0.2, -0.15) is 0 Å². The maximum atomic E-state index is 12.8. The Bertz CT molecular complexity index is 720. The van der Waals surface area contributed by atoms with Crippen LogP contribution in [0.4, 0.5) is 0 Å². The van der Waals surface area contributed by atoms with Crippen molar-refractivity contribution >= 4 is 5.78 Å². The zero-order valence-corrected chi connectivity index (χ0v) is 17.8. The minimum absolute atomic E-state index is 0.0658. The first-order valence-electron chi connectivity index (χ1n) is 10.7. The van der Waals surface area contributed by atoms with Gasteiger partial charge < -0.3 is 4.42 Å². The van der Waals surface area contributed by atoms with Gasteiger partial charge in [0, 0.05) is 6.42 Å². The molecule has 1 aromatic heterocycles. The molecule has 0 aliphatic heterocycles. The van der Waals surface area contributed by atoms with Crippen LogP contribution < -0.4 is 0 Å². The Balaban J connectivity index is 1.83. The van der Waals surface area contributed by atoms with Crippen molar-refractivity contribution in [2.75, 3.05) is 0 Å². The molecule has 0 unspecified atom stereocenters. The van der Waals surface area contributed by atoms with Crippen molar-refractivity contribution in [3.8, 4) is 0 Å². The number of carbonyl (C=O) groups excluding carboxylic acids is 1. The summed E-state index contributed by atoms with van der Waals surface area (Å²) in [5, 5.41) is 0. The summed E-state index contributed by atoms with van der Waals surface area (Å²) in [4.78, 5) is 12.8. The summed E-state index contributed by atoms with van der Waals surface area (Å²) >= 11 is 0. The van der Waals surface area contributed by atoms with Crippen molar-refractivity contribution in [1.82, 2.24) is 0 Å². The van der Waals surface area contributed by atoms with E-state index in [4.69, 9.17) is 4.42 Å². The SMILES string of the molecule is CC(C)=CCC[C@]1(C)C2=CCC[C@](C)(CC(=O)c3ccoc3)[C@H]2CC[C@H]1C. The van der Waals surface area contributed by atoms with Gasteiger partial charge in [0.2, 0.25) is 0 Å². The van der Waals surface area contributed by atoms with Crippen LogP contribution in [0, 0.1) is 22.7 Å². The number of fused-ring (bicyclic) bond motifs is 1. The largest absolute Gasteiger partial charge is 0.472 e. The third-order valence-corrected chi connectivity index (χ3v) is 7.56. The number of hydrogen-bond donors (Lipinski definition) is 0. The zero-order chi connectivity index (χ0) is 19.7. The summed E-state index contributed by atoms with van der Waals surface area (Å²) < 4.78 is 5.14. The van der Waals surface area contributed by atoms with E-state index >= 15 is 0 Å². The first kappa shape index (κ1) is 20.2. The first-order chi connectivity index (χ1) is 12.8. The molecule has 2 aliphatic carbocycles. The van der Waals surface area contributed by atoms with Crippen molar-refractivity contribution in [1.29, 1.82) is 0 Å². The minimum atomic E-state index is 0.0658. The third-order valence-electron chi connectivity index (χ3n) is 7.56. The predicted molar refractivity (Wildman–Crippen MR) is 112 cm³/mol. The summed E-state index contributed by atoms with van der Waals surface area (Å²) in [6, 6.07) is 1.80. The van der Waals surface area contributed by atoms with Gasteiger partial charge in [-0.15, -0.1) is 0 Å². The van der Waals surface area contributed by atoms with Crippen LogP contribution in [0.3, 0.4) is 0 Å². The maximum absolute atomic E-state index is 12.8. The summed E-state index contributed by atoms with van der Waals surface area (Å²) in [6.45, 7) is 11.6. The molecule has 0 aromatic carbocycles. The molecule has 0 radical (unpaired) electrons. The molecule has 2 heteroatoms. The van der Waals surface area contributed by atoms with E-state index < -0.39 is 0 Å². The van der Waals surface area contributed by atoms with Crippen LogP contribution in [-0.4, -0.2) is 5.78 Å². The monoisotopic (exact) mass is 368 g/mol. The second kappa shape index (κ2) is 7.81. The quantitative estimate of drug-likeness (QED) is 0.387. The highest BCUT2D eigenvalue weighted by Crippen LogP contribution is 2.59. The Kier molecular flexibility index (Phi) is 5.84. The number of carbonyl (C=O) groups is 1. The van der Waals surface area contributed by atoms with Gasteiger partial charge in [-0.05, 0) is 81.1 Å². The molecule has 2 aliphatic rings. The molecule has 0 saturated heterocycles. The highest BCUT2D eigenvalue weighted by Gasteiger charge is 2.49. The second-order valence-corrected chi connectivity index (χ2v) is 9.73. The molecule has 1 heterocycles. The Hall–Kier alpha value is -1.57. The average molecular weight is 369 g/mol. The lowest BCUT2D eigenvalue weighted by Crippen LogP contribution is -2.44. The Morgan fingerprint density at radius 1 is 1.30 bits per heavy atom. The summed E-state index contributed by atoms with van der Waals surface area (Å²) in [5.41, 5.74) is 4.11. The van der Waals surface area contributed by atoms with Crippen LogP contribution >= 0.6 is 0 Å². The Morgan fingerprint density at radius 3 is 2.74 bits per heavy atom. The van der Waals surface area contributed by atoms with E-state index in [-0.39, 0.29) is 16.6 Å². The van der Waals surface area contributed by atoms with Crippen LogP contribution in [0.15, 0.2) is 46.3 Å². The summed E-state index contributed by atoms with van der Waals surface area (Å²) in [7, 11) is 0. The van der Waals surface area contributed by atoms with E-state index in [1.807, 2.05) is 0 Å². The van der Waals surface area contributed by atoms with Crippen LogP contribution in [0.1, 0.15) is 89.9 Å². The molecule has 1 saturated carbocycles. The maximum Gasteiger partial charge on any atom is 0.166 e. The smallest absolute Gasteiger partial charge is 0.166 e. The van der Waals surface area contributed by atoms with Gasteiger partial charge in [-0.1, -0.05) is 44.1 Å². The van der Waals surface area contributed by atoms with E-state index in [0.717, 1.165) is 24.8 Å². The number of allylic oxidation sites excluding steroid dienone is 4. The number of hydrogen-bond acceptors (Lipinski definition) is 2. The number of rotatable bonds is 6. The molecule has 0 N–H and O–H groups in total. The van der Waals surface area contributed by atoms with Gasteiger partial charge in [0.25, 0.3) is 0 Å². The van der Waals surface area contributed by atoms with Gasteiger partial charge in [0.1, 0.15) is 6.26 Å². The van der Waals surface area contributed by atoms with Crippen molar-refractivity contribution in [3.63, 3.8) is 0 Å². The fourth-order valence-electron chi connectivity index (χ4n) is 5.56. The predicted octanol–water partition coefficient (Wildman–Crippen LogP) is 7.38. The van der Waals surface area contributed by atoms with E-state index in [9.17, 15) is 4.79 Å². The molecule has 3 rings (SSSR count). The van der Waals surface area contributed by atoms with Crippen LogP contribution in [-0.2, 0) is 0 Å². The molecular weight excluding hydrogens is 332 g/mol. The number of Topliss-reactive ketones (excluding diaryl/α,β-unsaturated/α-hetero) is 1. The topological polar surface area (TPSA) is 30.2 Å². The van der Waals surface area contributed by atoms with Gasteiger partial charge in [0.05, 0.1) is 11.8 Å². The Morgan fingerprint density at radius 2 is 2.07 bits per heavy atom. The van der Waals surface area contributed by atoms with Crippen LogP contribution in [0.2, 0.25) is 0 Å². The molecule has 27 heavy (non-hydrogen) atoms. The fraction of sp³-hybridized carbons (Fsp3) is 0.640. The van der Waals surface area contributed by atoms with Crippen molar-refractivity contribution in [2.24, 2.45) is 22.7 Å². The fourth-order valence-corrected chi connectivity index (χ4v) is 5.56. The van der Waals surface area contributed by atoms with Gasteiger partial charge in [-0.25, -0.2) is 0 Å². The van der Waals surface area contributed by atoms with Gasteiger partial charge >= 0.3 is 0 Å². The van der Waals surface area contributed by atoms with Crippen molar-refractivity contribution in [2.45, 2.75) is 79.6 Å². The van der Waals surface area contributed by atoms with E-state index in [1.54, 1.807) is 24.2 Å². The number of furan rings is 1. The lowest BCUT2D eigenvalue weighted by molar-refractivity contribution is 0.0571. The Labute approximate surface area is 165 Å². The zero-order valence-electron chi connectivity index (χ0n) is 17.8. The van der Waals surface area contributed by atoms with Gasteiger partial charge in [-0.3, -0.25) is 4.79 Å². The third kappa shape index (κ3) is 4.00. The van der Waals surface area contributed by atoms with Crippen molar-refractivity contribution in [3.05, 3.63) is 47.5 Å². The standard InChI is InChI=1S/C25H36O2/c1-18(2)8-6-14-25(5)19(3)10-11-21-22(25)9-7-13-24(21,4)16-23(26)20-12-15-27-17-20/h8-9,12,15,17,19,21H,6-7,10-11,13-14,16H2,1-5H3/t19-,21+,24-,25+/m1/s1. The lowest BCUT2D eigenvalue weighted by atomic mass is 9.51. The molecule has 0 amide bonds. The highest BCUT2D eigenvalue weighted by molar-refractivity contribution is 5.96. The molecule has 1 aromatic rings. The van der Waals surface area contributed by atoms with E-state index in [0.29, 0.717) is 18.3 Å². The first-order valence-corrected chi connectivity index (χ1v) is 10.7. The highest BCUT2D eigenvalue weighted by atomic mass is 16.3. The lowest BCUT2D eigenvalue weighted by Gasteiger charge is -2.54. The molecule has 4 atom stereocenters.